The third-order valence-corrected chi connectivity index (χ3v) is 8.36. The van der Waals surface area contributed by atoms with E-state index in [-0.39, 0.29) is 5.97 Å². The number of rotatable bonds is 10. The van der Waals surface area contributed by atoms with Gasteiger partial charge in [0, 0.05) is 19.8 Å². The first kappa shape index (κ1) is 19.7. The van der Waals surface area contributed by atoms with Crippen LogP contribution in [0.3, 0.4) is 0 Å². The van der Waals surface area contributed by atoms with E-state index in [0.29, 0.717) is 13.0 Å². The lowest BCUT2D eigenvalue weighted by atomic mass is 10.2. The molecule has 0 bridgehead atoms. The van der Waals surface area contributed by atoms with Crippen LogP contribution >= 0.6 is 0 Å². The zero-order valence-corrected chi connectivity index (χ0v) is 16.2. The van der Waals surface area contributed by atoms with Crippen LogP contribution in [-0.2, 0) is 9.53 Å². The van der Waals surface area contributed by atoms with Crippen LogP contribution in [0.15, 0.2) is 0 Å². The van der Waals surface area contributed by atoms with Gasteiger partial charge in [-0.15, -0.1) is 0 Å². The summed E-state index contributed by atoms with van der Waals surface area (Å²) in [5.74, 6) is -0.0595. The zero-order chi connectivity index (χ0) is 16.4. The van der Waals surface area contributed by atoms with Crippen molar-refractivity contribution >= 4 is 14.2 Å². The summed E-state index contributed by atoms with van der Waals surface area (Å²) in [4.78, 5) is 13.9. The number of hydrogen-bond donors (Lipinski definition) is 0. The lowest BCUT2D eigenvalue weighted by molar-refractivity contribution is -0.143. The molecule has 0 atom stereocenters. The number of carbonyl (C=O) groups is 1. The van der Waals surface area contributed by atoms with Gasteiger partial charge in [0.25, 0.3) is 0 Å². The Hall–Kier alpha value is -0.393. The Balaban J connectivity index is 2.35. The van der Waals surface area contributed by atoms with Gasteiger partial charge in [-0.1, -0.05) is 45.7 Å². The van der Waals surface area contributed by atoms with E-state index in [0.717, 1.165) is 19.8 Å². The van der Waals surface area contributed by atoms with Gasteiger partial charge in [0.2, 0.25) is 0 Å². The number of ether oxygens (including phenoxy) is 1. The molecule has 0 aliphatic carbocycles. The minimum atomic E-state index is -1.29. The Labute approximate surface area is 138 Å². The van der Waals surface area contributed by atoms with Crippen LogP contribution in [-0.4, -0.2) is 56.6 Å². The molecule has 0 amide bonds. The minimum absolute atomic E-state index is 0.0595. The molecule has 1 rings (SSSR count). The molecule has 0 aromatic rings. The molecular weight excluding hydrogens is 292 g/mol. The van der Waals surface area contributed by atoms with Crippen molar-refractivity contribution in [3.63, 3.8) is 0 Å². The van der Waals surface area contributed by atoms with Gasteiger partial charge < -0.3 is 9.30 Å². The quantitative estimate of drug-likeness (QED) is 0.348. The number of esters is 1. The van der Waals surface area contributed by atoms with E-state index in [1.807, 2.05) is 6.92 Å². The molecule has 4 nitrogen and oxygen atoms in total. The monoisotopic (exact) mass is 328 g/mol. The summed E-state index contributed by atoms with van der Waals surface area (Å²) in [5.41, 5.74) is 0. The van der Waals surface area contributed by atoms with E-state index in [2.05, 4.69) is 29.5 Å². The van der Waals surface area contributed by atoms with Crippen LogP contribution in [0.2, 0.25) is 19.1 Å². The highest BCUT2D eigenvalue weighted by Gasteiger charge is 2.32. The summed E-state index contributed by atoms with van der Waals surface area (Å²) < 4.78 is 7.76. The fourth-order valence-corrected chi connectivity index (χ4v) is 5.95. The average molecular weight is 329 g/mol. The number of hydrogen-bond acceptors (Lipinski definition) is 4. The number of carbonyl (C=O) groups excluding carboxylic acids is 1. The molecule has 1 fully saturated rings. The van der Waals surface area contributed by atoms with E-state index in [4.69, 9.17) is 4.74 Å². The number of unbranched alkanes of at least 4 members (excludes halogenated alkanes) is 3. The molecule has 0 aromatic heterocycles. The molecule has 0 aromatic carbocycles. The molecule has 1 aliphatic heterocycles. The van der Waals surface area contributed by atoms with E-state index in [1.165, 1.54) is 44.7 Å². The van der Waals surface area contributed by atoms with Gasteiger partial charge in [-0.25, -0.2) is 0 Å². The first-order valence-electron chi connectivity index (χ1n) is 9.12. The maximum atomic E-state index is 11.5. The van der Waals surface area contributed by atoms with Crippen molar-refractivity contribution in [2.75, 3.05) is 32.9 Å². The third-order valence-electron chi connectivity index (χ3n) is 4.71. The lowest BCUT2D eigenvalue weighted by Crippen LogP contribution is -2.57. The maximum absolute atomic E-state index is 11.5. The van der Waals surface area contributed by atoms with Gasteiger partial charge in [0.05, 0.1) is 13.0 Å². The minimum Gasteiger partial charge on any atom is -0.466 e. The molecule has 5 heteroatoms. The van der Waals surface area contributed by atoms with Gasteiger partial charge in [-0.05, 0) is 25.9 Å². The highest BCUT2D eigenvalue weighted by Crippen LogP contribution is 2.22. The molecule has 130 valence electrons. The highest BCUT2D eigenvalue weighted by atomic mass is 28.3. The second kappa shape index (κ2) is 10.4. The van der Waals surface area contributed by atoms with Crippen LogP contribution in [0.5, 0.6) is 0 Å². The maximum Gasteiger partial charge on any atom is 0.307 e. The van der Waals surface area contributed by atoms with E-state index < -0.39 is 8.24 Å². The Morgan fingerprint density at radius 3 is 2.59 bits per heavy atom. The van der Waals surface area contributed by atoms with E-state index >= 15 is 0 Å². The Morgan fingerprint density at radius 1 is 1.14 bits per heavy atom. The van der Waals surface area contributed by atoms with Crippen molar-refractivity contribution in [1.29, 1.82) is 0 Å². The van der Waals surface area contributed by atoms with Crippen LogP contribution in [0.1, 0.15) is 52.4 Å². The largest absolute Gasteiger partial charge is 0.466 e. The molecule has 0 spiro atoms. The Morgan fingerprint density at radius 2 is 1.91 bits per heavy atom. The first-order valence-corrected chi connectivity index (χ1v) is 12.3. The molecule has 0 radical (unpaired) electrons. The topological polar surface area (TPSA) is 32.8 Å². The molecule has 0 N–H and O–H groups in total. The zero-order valence-electron chi connectivity index (χ0n) is 15.2. The summed E-state index contributed by atoms with van der Waals surface area (Å²) >= 11 is 0. The van der Waals surface area contributed by atoms with Gasteiger partial charge in [-0.2, -0.15) is 0 Å². The fraction of sp³-hybridized carbons (Fsp3) is 0.941. The molecule has 1 aliphatic rings. The molecule has 0 unspecified atom stereocenters. The van der Waals surface area contributed by atoms with Crippen molar-refractivity contribution in [2.24, 2.45) is 0 Å². The van der Waals surface area contributed by atoms with Crippen molar-refractivity contribution in [3.8, 4) is 0 Å². The van der Waals surface area contributed by atoms with Crippen molar-refractivity contribution in [3.05, 3.63) is 0 Å². The fourth-order valence-electron chi connectivity index (χ4n) is 3.17. The second-order valence-electron chi connectivity index (χ2n) is 7.05. The normalized spacial score (nSPS) is 17.6. The molecule has 0 saturated carbocycles. The van der Waals surface area contributed by atoms with Crippen molar-refractivity contribution < 1.29 is 9.53 Å². The van der Waals surface area contributed by atoms with Crippen molar-refractivity contribution in [1.82, 2.24) is 9.47 Å². The predicted octanol–water partition coefficient (Wildman–Crippen LogP) is 3.69. The Kier molecular flexibility index (Phi) is 9.29. The standard InChI is InChI=1S/C17H36N2O2Si/c1-5-7-8-9-15-22(3,4)19-13-10-12-18(16-19)14-11-17(20)21-6-2/h5-16H2,1-4H3. The third kappa shape index (κ3) is 7.25. The van der Waals surface area contributed by atoms with Crippen LogP contribution < -0.4 is 0 Å². The summed E-state index contributed by atoms with van der Waals surface area (Å²) in [7, 11) is -1.29. The summed E-state index contributed by atoms with van der Waals surface area (Å²) in [6.45, 7) is 13.9. The van der Waals surface area contributed by atoms with Crippen LogP contribution in [0.25, 0.3) is 0 Å². The van der Waals surface area contributed by atoms with Gasteiger partial charge >= 0.3 is 5.97 Å². The molecular formula is C17H36N2O2Si. The van der Waals surface area contributed by atoms with Crippen LogP contribution in [0, 0.1) is 0 Å². The van der Waals surface area contributed by atoms with Crippen LogP contribution in [0.4, 0.5) is 0 Å². The summed E-state index contributed by atoms with van der Waals surface area (Å²) in [6, 6.07) is 1.40. The van der Waals surface area contributed by atoms with E-state index in [9.17, 15) is 4.79 Å². The predicted molar refractivity (Wildman–Crippen MR) is 95.4 cm³/mol. The summed E-state index contributed by atoms with van der Waals surface area (Å²) in [5, 5.41) is 0. The first-order chi connectivity index (χ1) is 10.5. The highest BCUT2D eigenvalue weighted by molar-refractivity contribution is 6.74. The molecule has 1 saturated heterocycles. The second-order valence-corrected chi connectivity index (χ2v) is 11.8. The van der Waals surface area contributed by atoms with Gasteiger partial charge in [0.15, 0.2) is 0 Å². The smallest absolute Gasteiger partial charge is 0.307 e. The molecule has 22 heavy (non-hydrogen) atoms. The van der Waals surface area contributed by atoms with Crippen molar-refractivity contribution in [2.45, 2.75) is 71.5 Å². The lowest BCUT2D eigenvalue weighted by Gasteiger charge is -2.44. The Bertz CT molecular complexity index is 324. The molecule has 1 heterocycles. The average Bonchev–Trinajstić information content (AvgIpc) is 2.50. The SMILES string of the molecule is CCCCCC[Si](C)(C)N1CCCN(CCC(=O)OCC)C1. The van der Waals surface area contributed by atoms with E-state index in [1.54, 1.807) is 0 Å². The van der Waals surface area contributed by atoms with Gasteiger partial charge in [0.1, 0.15) is 8.24 Å². The number of nitrogens with zero attached hydrogens (tertiary/aromatic N) is 2. The van der Waals surface area contributed by atoms with Gasteiger partial charge in [-0.3, -0.25) is 9.69 Å². The summed E-state index contributed by atoms with van der Waals surface area (Å²) in [6.07, 6.45) is 7.21.